The van der Waals surface area contributed by atoms with Gasteiger partial charge in [0.2, 0.25) is 0 Å². The van der Waals surface area contributed by atoms with Gasteiger partial charge in [-0.2, -0.15) is 0 Å². The predicted molar refractivity (Wildman–Crippen MR) is 107 cm³/mol. The number of hydrogen-bond donors (Lipinski definition) is 2. The molecule has 0 saturated heterocycles. The number of halogens is 1. The van der Waals surface area contributed by atoms with E-state index in [0.717, 1.165) is 22.5 Å². The summed E-state index contributed by atoms with van der Waals surface area (Å²) in [6, 6.07) is 15.3. The van der Waals surface area contributed by atoms with Gasteiger partial charge in [0, 0.05) is 29.6 Å². The molecule has 0 aliphatic rings. The van der Waals surface area contributed by atoms with Crippen molar-refractivity contribution in [3.8, 4) is 0 Å². The van der Waals surface area contributed by atoms with Gasteiger partial charge in [0.05, 0.1) is 11.3 Å². The lowest BCUT2D eigenvalue weighted by Crippen LogP contribution is -2.13. The molecule has 0 aliphatic carbocycles. The summed E-state index contributed by atoms with van der Waals surface area (Å²) in [4.78, 5) is 16.6. The first-order valence-corrected chi connectivity index (χ1v) is 8.71. The summed E-state index contributed by atoms with van der Waals surface area (Å²) in [6.07, 6.45) is 3.26. The van der Waals surface area contributed by atoms with Gasteiger partial charge >= 0.3 is 0 Å². The fraction of sp³-hybridized carbons (Fsp3) is 0.143. The number of amides is 1. The van der Waals surface area contributed by atoms with E-state index in [2.05, 4.69) is 15.6 Å². The van der Waals surface area contributed by atoms with Crippen molar-refractivity contribution in [3.63, 3.8) is 0 Å². The number of hydrogen-bond acceptors (Lipinski definition) is 3. The molecule has 1 heterocycles. The molecular formula is C21H20ClN3O. The van der Waals surface area contributed by atoms with Gasteiger partial charge in [0.15, 0.2) is 0 Å². The van der Waals surface area contributed by atoms with Crippen LogP contribution in [0.3, 0.4) is 0 Å². The zero-order chi connectivity index (χ0) is 18.5. The molecule has 132 valence electrons. The number of nitrogens with zero attached hydrogens (tertiary/aromatic N) is 1. The largest absolute Gasteiger partial charge is 0.380 e. The van der Waals surface area contributed by atoms with E-state index in [9.17, 15) is 4.79 Å². The van der Waals surface area contributed by atoms with Gasteiger partial charge in [-0.05, 0) is 60.9 Å². The summed E-state index contributed by atoms with van der Waals surface area (Å²) >= 11 is 5.89. The molecule has 26 heavy (non-hydrogen) atoms. The van der Waals surface area contributed by atoms with E-state index in [4.69, 9.17) is 11.6 Å². The minimum Gasteiger partial charge on any atom is -0.380 e. The first-order chi connectivity index (χ1) is 12.5. The van der Waals surface area contributed by atoms with Crippen molar-refractivity contribution in [2.45, 2.75) is 20.4 Å². The third-order valence-corrected chi connectivity index (χ3v) is 4.43. The number of aromatic nitrogens is 1. The molecule has 2 aromatic carbocycles. The topological polar surface area (TPSA) is 54.0 Å². The molecule has 3 rings (SSSR count). The Kier molecular flexibility index (Phi) is 5.54. The first kappa shape index (κ1) is 18.0. The van der Waals surface area contributed by atoms with Crippen LogP contribution in [0.1, 0.15) is 27.0 Å². The number of carbonyl (C=O) groups excluding carboxylic acids is 1. The Labute approximate surface area is 158 Å². The molecule has 0 atom stereocenters. The minimum atomic E-state index is -0.184. The van der Waals surface area contributed by atoms with E-state index < -0.39 is 0 Å². The highest BCUT2D eigenvalue weighted by Gasteiger charge is 2.08. The summed E-state index contributed by atoms with van der Waals surface area (Å²) in [5.41, 5.74) is 5.49. The Hall–Kier alpha value is -2.85. The lowest BCUT2D eigenvalue weighted by molar-refractivity contribution is 0.102. The molecule has 0 radical (unpaired) electrons. The van der Waals surface area contributed by atoms with Crippen LogP contribution in [0.5, 0.6) is 0 Å². The number of rotatable bonds is 5. The van der Waals surface area contributed by atoms with E-state index in [-0.39, 0.29) is 5.91 Å². The Balaban J connectivity index is 1.66. The molecule has 4 nitrogen and oxygen atoms in total. The van der Waals surface area contributed by atoms with E-state index in [1.165, 1.54) is 5.56 Å². The zero-order valence-corrected chi connectivity index (χ0v) is 15.5. The normalized spacial score (nSPS) is 10.4. The molecule has 1 amide bonds. The van der Waals surface area contributed by atoms with Crippen LogP contribution in [0.15, 0.2) is 60.9 Å². The van der Waals surface area contributed by atoms with E-state index in [0.29, 0.717) is 17.1 Å². The number of benzene rings is 2. The molecule has 5 heteroatoms. The fourth-order valence-corrected chi connectivity index (χ4v) is 2.62. The molecule has 2 N–H and O–H groups in total. The van der Waals surface area contributed by atoms with E-state index in [1.54, 1.807) is 18.5 Å². The van der Waals surface area contributed by atoms with Gasteiger partial charge in [-0.1, -0.05) is 29.8 Å². The Bertz CT molecular complexity index is 923. The molecule has 0 spiro atoms. The van der Waals surface area contributed by atoms with Crippen LogP contribution in [0.2, 0.25) is 5.02 Å². The van der Waals surface area contributed by atoms with Crippen molar-refractivity contribution in [3.05, 3.63) is 88.2 Å². The van der Waals surface area contributed by atoms with Crippen LogP contribution in [0.4, 0.5) is 11.4 Å². The Morgan fingerprint density at radius 3 is 2.46 bits per heavy atom. The van der Waals surface area contributed by atoms with Crippen molar-refractivity contribution < 1.29 is 4.79 Å². The van der Waals surface area contributed by atoms with Crippen LogP contribution in [-0.4, -0.2) is 10.9 Å². The van der Waals surface area contributed by atoms with Gasteiger partial charge in [-0.25, -0.2) is 0 Å². The van der Waals surface area contributed by atoms with Crippen molar-refractivity contribution >= 4 is 28.9 Å². The number of carbonyl (C=O) groups is 1. The highest BCUT2D eigenvalue weighted by atomic mass is 35.5. The molecule has 0 unspecified atom stereocenters. The van der Waals surface area contributed by atoms with Crippen LogP contribution in [-0.2, 0) is 6.54 Å². The third kappa shape index (κ3) is 4.61. The van der Waals surface area contributed by atoms with Crippen molar-refractivity contribution in [2.24, 2.45) is 0 Å². The maximum atomic E-state index is 12.5. The average Bonchev–Trinajstić information content (AvgIpc) is 2.64. The fourth-order valence-electron chi connectivity index (χ4n) is 2.49. The van der Waals surface area contributed by atoms with Crippen molar-refractivity contribution in [1.29, 1.82) is 0 Å². The quantitative estimate of drug-likeness (QED) is 0.652. The molecule has 1 aromatic heterocycles. The molecular weight excluding hydrogens is 346 g/mol. The second-order valence-electron chi connectivity index (χ2n) is 6.20. The SMILES string of the molecule is Cc1ccc(NC(=O)c2cncc(NCc3ccc(Cl)cc3)c2)cc1C. The number of aryl methyl sites for hydroxylation is 2. The molecule has 0 fully saturated rings. The van der Waals surface area contributed by atoms with Crippen LogP contribution in [0, 0.1) is 13.8 Å². The maximum absolute atomic E-state index is 12.5. The highest BCUT2D eigenvalue weighted by Crippen LogP contribution is 2.17. The van der Waals surface area contributed by atoms with Crippen LogP contribution in [0.25, 0.3) is 0 Å². The first-order valence-electron chi connectivity index (χ1n) is 8.33. The summed E-state index contributed by atoms with van der Waals surface area (Å²) in [5, 5.41) is 6.89. The zero-order valence-electron chi connectivity index (χ0n) is 14.7. The Morgan fingerprint density at radius 2 is 1.73 bits per heavy atom. The second-order valence-corrected chi connectivity index (χ2v) is 6.63. The maximum Gasteiger partial charge on any atom is 0.257 e. The Morgan fingerprint density at radius 1 is 0.962 bits per heavy atom. The van der Waals surface area contributed by atoms with Gasteiger partial charge in [0.1, 0.15) is 0 Å². The van der Waals surface area contributed by atoms with Gasteiger partial charge < -0.3 is 10.6 Å². The summed E-state index contributed by atoms with van der Waals surface area (Å²) in [6.45, 7) is 4.69. The number of pyridine rings is 1. The van der Waals surface area contributed by atoms with Gasteiger partial charge in [0.25, 0.3) is 5.91 Å². The number of nitrogens with one attached hydrogen (secondary N) is 2. The molecule has 3 aromatic rings. The molecule has 0 aliphatic heterocycles. The number of anilines is 2. The monoisotopic (exact) mass is 365 g/mol. The summed E-state index contributed by atoms with van der Waals surface area (Å²) < 4.78 is 0. The summed E-state index contributed by atoms with van der Waals surface area (Å²) in [7, 11) is 0. The smallest absolute Gasteiger partial charge is 0.257 e. The van der Waals surface area contributed by atoms with Gasteiger partial charge in [-0.15, -0.1) is 0 Å². The minimum absolute atomic E-state index is 0.184. The average molecular weight is 366 g/mol. The van der Waals surface area contributed by atoms with E-state index in [1.807, 2.05) is 56.3 Å². The highest BCUT2D eigenvalue weighted by molar-refractivity contribution is 6.30. The lowest BCUT2D eigenvalue weighted by atomic mass is 10.1. The predicted octanol–water partition coefficient (Wildman–Crippen LogP) is 5.22. The van der Waals surface area contributed by atoms with Gasteiger partial charge in [-0.3, -0.25) is 9.78 Å². The molecule has 0 saturated carbocycles. The van der Waals surface area contributed by atoms with Crippen molar-refractivity contribution in [2.75, 3.05) is 10.6 Å². The standard InChI is InChI=1S/C21H20ClN3O/c1-14-3-8-19(9-15(14)2)25-21(26)17-10-20(13-23-12-17)24-11-16-4-6-18(22)7-5-16/h3-10,12-13,24H,11H2,1-2H3,(H,25,26). The third-order valence-electron chi connectivity index (χ3n) is 4.18. The second kappa shape index (κ2) is 8.02. The van der Waals surface area contributed by atoms with Crippen LogP contribution < -0.4 is 10.6 Å². The van der Waals surface area contributed by atoms with Crippen LogP contribution >= 0.6 is 11.6 Å². The molecule has 0 bridgehead atoms. The lowest BCUT2D eigenvalue weighted by Gasteiger charge is -2.10. The summed E-state index contributed by atoms with van der Waals surface area (Å²) in [5.74, 6) is -0.184. The van der Waals surface area contributed by atoms with E-state index >= 15 is 0 Å². The van der Waals surface area contributed by atoms with Crippen molar-refractivity contribution in [1.82, 2.24) is 4.98 Å².